The van der Waals surface area contributed by atoms with E-state index in [0.717, 1.165) is 0 Å². The number of fused-ring (bicyclic) bond motifs is 1. The maximum atomic E-state index is 11.7. The first-order valence-corrected chi connectivity index (χ1v) is 6.12. The first kappa shape index (κ1) is 12.5. The molecular formula is C12H12N4O4. The number of H-pyrrole nitrogens is 1. The van der Waals surface area contributed by atoms with Gasteiger partial charge in [-0.05, 0) is 6.07 Å². The summed E-state index contributed by atoms with van der Waals surface area (Å²) in [4.78, 5) is 30.5. The van der Waals surface area contributed by atoms with E-state index in [4.69, 9.17) is 5.11 Å². The van der Waals surface area contributed by atoms with Gasteiger partial charge in [-0.25, -0.2) is 4.98 Å². The summed E-state index contributed by atoms with van der Waals surface area (Å²) in [6, 6.07) is 2.80. The van der Waals surface area contributed by atoms with Crippen LogP contribution in [-0.4, -0.2) is 39.7 Å². The van der Waals surface area contributed by atoms with Gasteiger partial charge in [0.05, 0.1) is 22.2 Å². The van der Waals surface area contributed by atoms with Gasteiger partial charge in [0.1, 0.15) is 5.69 Å². The quantitative estimate of drug-likeness (QED) is 0.614. The third kappa shape index (κ3) is 1.90. The van der Waals surface area contributed by atoms with Crippen LogP contribution in [0.25, 0.3) is 10.9 Å². The van der Waals surface area contributed by atoms with E-state index < -0.39 is 10.5 Å². The molecule has 1 fully saturated rings. The van der Waals surface area contributed by atoms with Crippen molar-refractivity contribution in [2.24, 2.45) is 5.92 Å². The zero-order valence-corrected chi connectivity index (χ0v) is 10.4. The minimum absolute atomic E-state index is 0.0653. The van der Waals surface area contributed by atoms with E-state index in [-0.39, 0.29) is 23.6 Å². The predicted molar refractivity (Wildman–Crippen MR) is 71.8 cm³/mol. The molecular weight excluding hydrogens is 264 g/mol. The number of hydrogen-bond acceptors (Lipinski definition) is 6. The highest BCUT2D eigenvalue weighted by atomic mass is 16.6. The number of aromatic nitrogens is 2. The van der Waals surface area contributed by atoms with E-state index in [0.29, 0.717) is 24.3 Å². The highest BCUT2D eigenvalue weighted by molar-refractivity contribution is 5.87. The second-order valence-electron chi connectivity index (χ2n) is 4.80. The number of rotatable bonds is 3. The third-order valence-corrected chi connectivity index (χ3v) is 3.49. The molecule has 0 spiro atoms. The second-order valence-corrected chi connectivity index (χ2v) is 4.80. The molecule has 1 aromatic carbocycles. The molecule has 0 atom stereocenters. The number of aromatic amines is 1. The predicted octanol–water partition coefficient (Wildman–Crippen LogP) is 0.260. The van der Waals surface area contributed by atoms with Crippen LogP contribution in [0.15, 0.2) is 23.3 Å². The summed E-state index contributed by atoms with van der Waals surface area (Å²) < 4.78 is 0. The van der Waals surface area contributed by atoms with Gasteiger partial charge in [0.15, 0.2) is 0 Å². The Balaban J connectivity index is 2.13. The Hall–Kier alpha value is -2.48. The lowest BCUT2D eigenvalue weighted by molar-refractivity contribution is -0.384. The maximum Gasteiger partial charge on any atom is 0.293 e. The van der Waals surface area contributed by atoms with Crippen LogP contribution >= 0.6 is 0 Å². The van der Waals surface area contributed by atoms with Gasteiger partial charge in [-0.2, -0.15) is 0 Å². The Morgan fingerprint density at radius 1 is 1.50 bits per heavy atom. The number of anilines is 1. The van der Waals surface area contributed by atoms with Gasteiger partial charge >= 0.3 is 0 Å². The molecule has 0 aliphatic carbocycles. The van der Waals surface area contributed by atoms with Crippen LogP contribution in [0.3, 0.4) is 0 Å². The van der Waals surface area contributed by atoms with Crippen molar-refractivity contribution in [2.75, 3.05) is 24.6 Å². The Bertz CT molecular complexity index is 736. The molecule has 0 unspecified atom stereocenters. The largest absolute Gasteiger partial charge is 0.396 e. The Kier molecular flexibility index (Phi) is 2.87. The Morgan fingerprint density at radius 2 is 2.25 bits per heavy atom. The first-order valence-electron chi connectivity index (χ1n) is 6.12. The highest BCUT2D eigenvalue weighted by Gasteiger charge is 2.31. The molecule has 8 nitrogen and oxygen atoms in total. The van der Waals surface area contributed by atoms with Gasteiger partial charge in [0, 0.05) is 31.7 Å². The van der Waals surface area contributed by atoms with Gasteiger partial charge in [-0.1, -0.05) is 0 Å². The van der Waals surface area contributed by atoms with Crippen LogP contribution < -0.4 is 10.5 Å². The molecule has 104 valence electrons. The second kappa shape index (κ2) is 4.57. The van der Waals surface area contributed by atoms with Crippen LogP contribution in [0.2, 0.25) is 0 Å². The number of nitrogens with zero attached hydrogens (tertiary/aromatic N) is 3. The molecule has 1 aromatic heterocycles. The van der Waals surface area contributed by atoms with E-state index in [1.807, 2.05) is 0 Å². The minimum atomic E-state index is -0.506. The van der Waals surface area contributed by atoms with Gasteiger partial charge in [-0.15, -0.1) is 0 Å². The van der Waals surface area contributed by atoms with E-state index >= 15 is 0 Å². The van der Waals surface area contributed by atoms with Gasteiger partial charge in [0.25, 0.3) is 11.2 Å². The van der Waals surface area contributed by atoms with Crippen molar-refractivity contribution >= 4 is 22.3 Å². The van der Waals surface area contributed by atoms with Gasteiger partial charge in [-0.3, -0.25) is 14.9 Å². The summed E-state index contributed by atoms with van der Waals surface area (Å²) in [7, 11) is 0. The topological polar surface area (TPSA) is 112 Å². The van der Waals surface area contributed by atoms with Crippen molar-refractivity contribution in [2.45, 2.75) is 0 Å². The molecule has 1 aliphatic rings. The number of aliphatic hydroxyl groups excluding tert-OH is 1. The summed E-state index contributed by atoms with van der Waals surface area (Å²) in [5, 5.41) is 20.4. The SMILES string of the molecule is O=c1[nH]cnc2cc(N3CC(CO)C3)c([N+](=O)[O-])cc12. The molecule has 0 amide bonds. The van der Waals surface area contributed by atoms with Crippen molar-refractivity contribution in [1.29, 1.82) is 0 Å². The zero-order chi connectivity index (χ0) is 14.3. The standard InChI is InChI=1S/C12H12N4O4/c17-5-7-3-15(4-7)10-2-9-8(1-11(10)16(19)20)12(18)14-6-13-9/h1-2,6-7,17H,3-5H2,(H,13,14,18). The zero-order valence-electron chi connectivity index (χ0n) is 10.4. The first-order chi connectivity index (χ1) is 9.60. The number of nitro benzene ring substituents is 1. The Labute approximate surface area is 112 Å². The van der Waals surface area contributed by atoms with E-state index in [1.54, 1.807) is 11.0 Å². The van der Waals surface area contributed by atoms with Crippen LogP contribution in [-0.2, 0) is 0 Å². The number of nitrogens with one attached hydrogen (secondary N) is 1. The molecule has 3 rings (SSSR count). The average Bonchev–Trinajstić information content (AvgIpc) is 2.37. The van der Waals surface area contributed by atoms with Crippen molar-refractivity contribution in [3.8, 4) is 0 Å². The molecule has 0 bridgehead atoms. The molecule has 20 heavy (non-hydrogen) atoms. The number of aliphatic hydroxyl groups is 1. The normalized spacial score (nSPS) is 15.3. The molecule has 2 N–H and O–H groups in total. The maximum absolute atomic E-state index is 11.7. The molecule has 8 heteroatoms. The molecule has 2 aromatic rings. The van der Waals surface area contributed by atoms with Gasteiger partial charge in [0.2, 0.25) is 0 Å². The molecule has 1 saturated heterocycles. The van der Waals surface area contributed by atoms with Gasteiger partial charge < -0.3 is 15.0 Å². The summed E-state index contributed by atoms with van der Waals surface area (Å²) in [5.41, 5.74) is 0.334. The van der Waals surface area contributed by atoms with Crippen molar-refractivity contribution in [3.63, 3.8) is 0 Å². The summed E-state index contributed by atoms with van der Waals surface area (Å²) >= 11 is 0. The monoisotopic (exact) mass is 276 g/mol. The lowest BCUT2D eigenvalue weighted by Crippen LogP contribution is -2.48. The van der Waals surface area contributed by atoms with E-state index in [2.05, 4.69) is 9.97 Å². The fraction of sp³-hybridized carbons (Fsp3) is 0.333. The smallest absolute Gasteiger partial charge is 0.293 e. The fourth-order valence-corrected chi connectivity index (χ4v) is 2.37. The van der Waals surface area contributed by atoms with E-state index in [9.17, 15) is 14.9 Å². The van der Waals surface area contributed by atoms with Crippen molar-refractivity contribution in [1.82, 2.24) is 9.97 Å². The van der Waals surface area contributed by atoms with Crippen LogP contribution in [0.4, 0.5) is 11.4 Å². The molecule has 2 heterocycles. The van der Waals surface area contributed by atoms with Crippen molar-refractivity contribution in [3.05, 3.63) is 38.9 Å². The van der Waals surface area contributed by atoms with Crippen LogP contribution in [0.1, 0.15) is 0 Å². The third-order valence-electron chi connectivity index (χ3n) is 3.49. The summed E-state index contributed by atoms with van der Waals surface area (Å²) in [6.07, 6.45) is 1.27. The van der Waals surface area contributed by atoms with Crippen molar-refractivity contribution < 1.29 is 10.0 Å². The number of nitro groups is 1. The summed E-state index contributed by atoms with van der Waals surface area (Å²) in [5.74, 6) is 0.137. The van der Waals surface area contributed by atoms with E-state index in [1.165, 1.54) is 12.4 Å². The van der Waals surface area contributed by atoms with Crippen LogP contribution in [0.5, 0.6) is 0 Å². The summed E-state index contributed by atoms with van der Waals surface area (Å²) in [6.45, 7) is 1.19. The lowest BCUT2D eigenvalue weighted by atomic mass is 9.99. The number of benzene rings is 1. The minimum Gasteiger partial charge on any atom is -0.396 e. The Morgan fingerprint density at radius 3 is 2.90 bits per heavy atom. The molecule has 0 radical (unpaired) electrons. The molecule has 1 aliphatic heterocycles. The lowest BCUT2D eigenvalue weighted by Gasteiger charge is -2.39. The van der Waals surface area contributed by atoms with Crippen LogP contribution in [0, 0.1) is 16.0 Å². The average molecular weight is 276 g/mol. The number of hydrogen-bond donors (Lipinski definition) is 2. The molecule has 0 saturated carbocycles. The fourth-order valence-electron chi connectivity index (χ4n) is 2.37. The highest BCUT2D eigenvalue weighted by Crippen LogP contribution is 2.35.